The number of benzene rings is 1. The van der Waals surface area contributed by atoms with Crippen LogP contribution in [0, 0.1) is 13.8 Å². The van der Waals surface area contributed by atoms with Gasteiger partial charge in [0.15, 0.2) is 0 Å². The Labute approximate surface area is 141 Å². The molecule has 23 heavy (non-hydrogen) atoms. The molecule has 2 rings (SSSR count). The van der Waals surface area contributed by atoms with Gasteiger partial charge in [-0.3, -0.25) is 4.79 Å². The molecular formula is C16H23N5OS. The molecule has 0 bridgehead atoms. The second-order valence-corrected chi connectivity index (χ2v) is 6.63. The molecular weight excluding hydrogens is 310 g/mol. The molecule has 0 aliphatic rings. The fourth-order valence-electron chi connectivity index (χ4n) is 2.24. The zero-order valence-electron chi connectivity index (χ0n) is 14.0. The average molecular weight is 333 g/mol. The van der Waals surface area contributed by atoms with Crippen molar-refractivity contribution >= 4 is 17.7 Å². The third-order valence-electron chi connectivity index (χ3n) is 3.64. The third kappa shape index (κ3) is 4.79. The summed E-state index contributed by atoms with van der Waals surface area (Å²) in [6, 6.07) is 6.26. The van der Waals surface area contributed by atoms with Crippen LogP contribution in [0.4, 0.5) is 0 Å². The topological polar surface area (TPSA) is 72.7 Å². The minimum absolute atomic E-state index is 0.00517. The van der Waals surface area contributed by atoms with Crippen LogP contribution in [0.5, 0.6) is 0 Å². The van der Waals surface area contributed by atoms with Gasteiger partial charge >= 0.3 is 0 Å². The SMILES string of the molecule is CCCC(C)NC(=O)CSc1nnnn1-c1ccc(C)c(C)c1. The van der Waals surface area contributed by atoms with E-state index in [0.717, 1.165) is 18.5 Å². The molecule has 2 aromatic rings. The molecule has 1 N–H and O–H groups in total. The lowest BCUT2D eigenvalue weighted by Gasteiger charge is -2.12. The van der Waals surface area contributed by atoms with Crippen LogP contribution >= 0.6 is 11.8 Å². The number of hydrogen-bond acceptors (Lipinski definition) is 5. The van der Waals surface area contributed by atoms with Gasteiger partial charge in [0.05, 0.1) is 11.4 Å². The van der Waals surface area contributed by atoms with Crippen molar-refractivity contribution in [1.82, 2.24) is 25.5 Å². The molecule has 0 aliphatic carbocycles. The quantitative estimate of drug-likeness (QED) is 0.789. The Morgan fingerprint density at radius 2 is 2.13 bits per heavy atom. The maximum Gasteiger partial charge on any atom is 0.230 e. The first-order chi connectivity index (χ1) is 11.0. The summed E-state index contributed by atoms with van der Waals surface area (Å²) in [7, 11) is 0. The highest BCUT2D eigenvalue weighted by atomic mass is 32.2. The first-order valence-electron chi connectivity index (χ1n) is 7.79. The molecule has 0 saturated heterocycles. The van der Waals surface area contributed by atoms with Gasteiger partial charge in [-0.2, -0.15) is 4.68 Å². The summed E-state index contributed by atoms with van der Waals surface area (Å²) in [6.07, 6.45) is 2.04. The Kier molecular flexibility index (Phi) is 6.15. The van der Waals surface area contributed by atoms with Gasteiger partial charge in [-0.15, -0.1) is 5.10 Å². The van der Waals surface area contributed by atoms with Crippen molar-refractivity contribution in [3.05, 3.63) is 29.3 Å². The predicted octanol–water partition coefficient (Wildman–Crippen LogP) is 2.68. The number of carbonyl (C=O) groups excluding carboxylic acids is 1. The zero-order valence-corrected chi connectivity index (χ0v) is 14.9. The summed E-state index contributed by atoms with van der Waals surface area (Å²) in [5.41, 5.74) is 3.31. The normalized spacial score (nSPS) is 12.2. The fraction of sp³-hybridized carbons (Fsp3) is 0.500. The van der Waals surface area contributed by atoms with Crippen LogP contribution in [0.3, 0.4) is 0 Å². The molecule has 1 heterocycles. The minimum atomic E-state index is 0.00517. The minimum Gasteiger partial charge on any atom is -0.353 e. The van der Waals surface area contributed by atoms with Gasteiger partial charge in [0, 0.05) is 6.04 Å². The summed E-state index contributed by atoms with van der Waals surface area (Å²) in [5, 5.41) is 15.4. The number of nitrogens with zero attached hydrogens (tertiary/aromatic N) is 4. The zero-order chi connectivity index (χ0) is 16.8. The van der Waals surface area contributed by atoms with Crippen molar-refractivity contribution in [2.45, 2.75) is 51.7 Å². The lowest BCUT2D eigenvalue weighted by molar-refractivity contribution is -0.119. The summed E-state index contributed by atoms with van der Waals surface area (Å²) in [4.78, 5) is 12.0. The monoisotopic (exact) mass is 333 g/mol. The van der Waals surface area contributed by atoms with Gasteiger partial charge in [0.25, 0.3) is 0 Å². The van der Waals surface area contributed by atoms with Crippen LogP contribution in [0.25, 0.3) is 5.69 Å². The highest BCUT2D eigenvalue weighted by Gasteiger charge is 2.13. The number of nitrogens with one attached hydrogen (secondary N) is 1. The van der Waals surface area contributed by atoms with Gasteiger partial charge in [-0.05, 0) is 60.9 Å². The highest BCUT2D eigenvalue weighted by molar-refractivity contribution is 7.99. The van der Waals surface area contributed by atoms with Crippen molar-refractivity contribution in [3.8, 4) is 5.69 Å². The van der Waals surface area contributed by atoms with Crippen LogP contribution in [-0.4, -0.2) is 37.9 Å². The molecule has 1 unspecified atom stereocenters. The average Bonchev–Trinajstić information content (AvgIpc) is 2.96. The smallest absolute Gasteiger partial charge is 0.230 e. The predicted molar refractivity (Wildman–Crippen MR) is 91.9 cm³/mol. The number of rotatable bonds is 7. The van der Waals surface area contributed by atoms with Crippen LogP contribution in [-0.2, 0) is 4.79 Å². The second kappa shape index (κ2) is 8.10. The van der Waals surface area contributed by atoms with E-state index in [1.54, 1.807) is 4.68 Å². The van der Waals surface area contributed by atoms with Gasteiger partial charge in [-0.25, -0.2) is 0 Å². The molecule has 124 valence electrons. The molecule has 1 aromatic carbocycles. The van der Waals surface area contributed by atoms with E-state index in [-0.39, 0.29) is 11.9 Å². The van der Waals surface area contributed by atoms with Gasteiger partial charge in [-0.1, -0.05) is 31.2 Å². The molecule has 0 spiro atoms. The van der Waals surface area contributed by atoms with E-state index < -0.39 is 0 Å². The largest absolute Gasteiger partial charge is 0.353 e. The maximum absolute atomic E-state index is 12.0. The first-order valence-corrected chi connectivity index (χ1v) is 8.78. The third-order valence-corrected chi connectivity index (χ3v) is 4.56. The summed E-state index contributed by atoms with van der Waals surface area (Å²) in [5.74, 6) is 0.310. The Morgan fingerprint density at radius 1 is 1.35 bits per heavy atom. The van der Waals surface area contributed by atoms with E-state index in [0.29, 0.717) is 10.9 Å². The van der Waals surface area contributed by atoms with Crippen LogP contribution in [0.15, 0.2) is 23.4 Å². The fourth-order valence-corrected chi connectivity index (χ4v) is 2.94. The standard InChI is InChI=1S/C16H23N5OS/c1-5-6-13(4)17-15(22)10-23-16-18-19-20-21(16)14-8-7-11(2)12(3)9-14/h7-9,13H,5-6,10H2,1-4H3,(H,17,22). The van der Waals surface area contributed by atoms with Crippen molar-refractivity contribution in [2.75, 3.05) is 5.75 Å². The Morgan fingerprint density at radius 3 is 2.83 bits per heavy atom. The van der Waals surface area contributed by atoms with E-state index in [4.69, 9.17) is 0 Å². The number of thioether (sulfide) groups is 1. The molecule has 0 fully saturated rings. The second-order valence-electron chi connectivity index (χ2n) is 5.69. The molecule has 1 atom stereocenters. The first kappa shape index (κ1) is 17.5. The summed E-state index contributed by atoms with van der Waals surface area (Å²) < 4.78 is 1.67. The lowest BCUT2D eigenvalue weighted by Crippen LogP contribution is -2.33. The van der Waals surface area contributed by atoms with E-state index in [9.17, 15) is 4.79 Å². The van der Waals surface area contributed by atoms with E-state index in [1.807, 2.05) is 25.1 Å². The number of tetrazole rings is 1. The van der Waals surface area contributed by atoms with Gasteiger partial charge in [0.1, 0.15) is 0 Å². The van der Waals surface area contributed by atoms with Gasteiger partial charge in [0.2, 0.25) is 11.1 Å². The number of aryl methyl sites for hydroxylation is 2. The molecule has 6 nitrogen and oxygen atoms in total. The van der Waals surface area contributed by atoms with Gasteiger partial charge < -0.3 is 5.32 Å². The van der Waals surface area contributed by atoms with Crippen LogP contribution < -0.4 is 5.32 Å². The van der Waals surface area contributed by atoms with E-state index in [2.05, 4.69) is 41.6 Å². The molecule has 0 aliphatic heterocycles. The molecule has 0 saturated carbocycles. The molecule has 1 amide bonds. The van der Waals surface area contributed by atoms with Crippen LogP contribution in [0.2, 0.25) is 0 Å². The Hall–Kier alpha value is -1.89. The van der Waals surface area contributed by atoms with E-state index >= 15 is 0 Å². The lowest BCUT2D eigenvalue weighted by atomic mass is 10.1. The number of hydrogen-bond donors (Lipinski definition) is 1. The van der Waals surface area contributed by atoms with E-state index in [1.165, 1.54) is 22.9 Å². The van der Waals surface area contributed by atoms with Crippen LogP contribution in [0.1, 0.15) is 37.8 Å². The van der Waals surface area contributed by atoms with Crippen molar-refractivity contribution in [2.24, 2.45) is 0 Å². The number of aromatic nitrogens is 4. The highest BCUT2D eigenvalue weighted by Crippen LogP contribution is 2.20. The molecule has 7 heteroatoms. The van der Waals surface area contributed by atoms with Crippen molar-refractivity contribution in [1.29, 1.82) is 0 Å². The number of amides is 1. The van der Waals surface area contributed by atoms with Crippen molar-refractivity contribution in [3.63, 3.8) is 0 Å². The Balaban J connectivity index is 2.01. The summed E-state index contributed by atoms with van der Waals surface area (Å²) in [6.45, 7) is 8.25. The van der Waals surface area contributed by atoms with Crippen molar-refractivity contribution < 1.29 is 4.79 Å². The maximum atomic E-state index is 12.0. The summed E-state index contributed by atoms with van der Waals surface area (Å²) >= 11 is 1.34. The number of carbonyl (C=O) groups is 1. The molecule has 1 aromatic heterocycles. The molecule has 0 radical (unpaired) electrons. The Bertz CT molecular complexity index is 670.